The van der Waals surface area contributed by atoms with Gasteiger partial charge >= 0.3 is 0 Å². The number of rotatable bonds is 12. The first-order valence-corrected chi connectivity index (χ1v) is 13.3. The van der Waals surface area contributed by atoms with E-state index in [2.05, 4.69) is 66.4 Å². The molecule has 2 aliphatic rings. The highest BCUT2D eigenvalue weighted by Gasteiger charge is 2.28. The molecule has 1 aliphatic heterocycles. The van der Waals surface area contributed by atoms with Crippen molar-refractivity contribution in [3.63, 3.8) is 0 Å². The molecule has 0 spiro atoms. The lowest BCUT2D eigenvalue weighted by Gasteiger charge is -2.30. The van der Waals surface area contributed by atoms with Crippen LogP contribution in [0.2, 0.25) is 5.02 Å². The molecule has 1 fully saturated rings. The average Bonchev–Trinajstić information content (AvgIpc) is 3.38. The molecule has 0 radical (unpaired) electrons. The second-order valence-corrected chi connectivity index (χ2v) is 9.86. The number of halogens is 1. The summed E-state index contributed by atoms with van der Waals surface area (Å²) in [5.74, 6) is 2.82. The number of benzene rings is 2. The van der Waals surface area contributed by atoms with E-state index in [9.17, 15) is 0 Å². The zero-order valence-electron chi connectivity index (χ0n) is 20.4. The van der Waals surface area contributed by atoms with Crippen LogP contribution in [-0.2, 0) is 11.2 Å². The maximum atomic E-state index is 6.37. The molecular weight excluding hydrogens is 442 g/mol. The first kappa shape index (κ1) is 24.9. The Morgan fingerprint density at radius 2 is 1.71 bits per heavy atom. The number of hydrogen-bond acceptors (Lipinski definition) is 3. The van der Waals surface area contributed by atoms with Gasteiger partial charge < -0.3 is 9.47 Å². The smallest absolute Gasteiger partial charge is 0.119 e. The zero-order valence-corrected chi connectivity index (χ0v) is 21.2. The van der Waals surface area contributed by atoms with Crippen molar-refractivity contribution in [2.75, 3.05) is 32.8 Å². The summed E-state index contributed by atoms with van der Waals surface area (Å²) in [5, 5.41) is 0.768. The highest BCUT2D eigenvalue weighted by atomic mass is 35.5. The van der Waals surface area contributed by atoms with E-state index >= 15 is 0 Å². The molecule has 4 heteroatoms. The summed E-state index contributed by atoms with van der Waals surface area (Å²) in [7, 11) is 0. The molecular formula is C30H38ClNO2. The normalized spacial score (nSPS) is 20.4. The fraction of sp³-hybridized carbons (Fsp3) is 0.467. The third-order valence-corrected chi connectivity index (χ3v) is 7.21. The molecule has 182 valence electrons. The van der Waals surface area contributed by atoms with Gasteiger partial charge in [-0.15, -0.1) is 0 Å². The van der Waals surface area contributed by atoms with E-state index in [1.54, 1.807) is 0 Å². The van der Waals surface area contributed by atoms with Crippen molar-refractivity contribution < 1.29 is 9.47 Å². The minimum Gasteiger partial charge on any atom is -0.496 e. The maximum absolute atomic E-state index is 6.37. The second kappa shape index (κ2) is 13.0. The molecule has 3 nitrogen and oxygen atoms in total. The van der Waals surface area contributed by atoms with E-state index in [0.717, 1.165) is 42.5 Å². The molecule has 1 saturated heterocycles. The van der Waals surface area contributed by atoms with Crippen molar-refractivity contribution in [3.8, 4) is 5.75 Å². The summed E-state index contributed by atoms with van der Waals surface area (Å²) >= 11 is 5.97. The average molecular weight is 480 g/mol. The van der Waals surface area contributed by atoms with Gasteiger partial charge in [0.2, 0.25) is 0 Å². The predicted molar refractivity (Wildman–Crippen MR) is 142 cm³/mol. The molecule has 0 N–H and O–H groups in total. The molecule has 2 aromatic carbocycles. The van der Waals surface area contributed by atoms with Crippen LogP contribution in [0.3, 0.4) is 0 Å². The highest BCUT2D eigenvalue weighted by Crippen LogP contribution is 2.39. The number of nitrogens with zero attached hydrogens (tertiary/aromatic N) is 1. The summed E-state index contributed by atoms with van der Waals surface area (Å²) < 4.78 is 12.4. The van der Waals surface area contributed by atoms with Crippen LogP contribution in [0.5, 0.6) is 5.75 Å². The van der Waals surface area contributed by atoms with Crippen LogP contribution in [0.25, 0.3) is 0 Å². The van der Waals surface area contributed by atoms with Crippen LogP contribution in [0.15, 0.2) is 72.5 Å². The molecule has 0 bridgehead atoms. The molecule has 4 rings (SSSR count). The van der Waals surface area contributed by atoms with Crippen molar-refractivity contribution in [1.82, 2.24) is 4.90 Å². The number of allylic oxidation sites excluding steroid dienone is 4. The van der Waals surface area contributed by atoms with Crippen LogP contribution in [0, 0.1) is 5.92 Å². The van der Waals surface area contributed by atoms with Crippen molar-refractivity contribution in [1.29, 1.82) is 0 Å². The van der Waals surface area contributed by atoms with Gasteiger partial charge in [0.15, 0.2) is 0 Å². The summed E-state index contributed by atoms with van der Waals surface area (Å²) in [6.07, 6.45) is 13.8. The molecule has 1 aliphatic carbocycles. The first-order valence-electron chi connectivity index (χ1n) is 12.9. The van der Waals surface area contributed by atoms with E-state index in [4.69, 9.17) is 21.1 Å². The lowest BCUT2D eigenvalue weighted by Crippen LogP contribution is -2.26. The Morgan fingerprint density at radius 3 is 2.44 bits per heavy atom. The quantitative estimate of drug-likeness (QED) is 0.316. The Labute approximate surface area is 210 Å². The SMILES string of the molecule is CCCCC1C(OCCN2CCCC2)=CC=CC1c1ccc(OCCc2ccc(Cl)cc2)cc1. The van der Waals surface area contributed by atoms with E-state index < -0.39 is 0 Å². The molecule has 2 unspecified atom stereocenters. The van der Waals surface area contributed by atoms with Crippen LogP contribution >= 0.6 is 11.6 Å². The lowest BCUT2D eigenvalue weighted by molar-refractivity contribution is 0.139. The standard InChI is InChI=1S/C30H38ClNO2/c1-2-3-7-29-28(8-6-9-30(29)34-23-21-32-19-4-5-20-32)25-12-16-27(17-13-25)33-22-18-24-10-14-26(31)15-11-24/h6,8-17,28-29H,2-5,7,18-23H2,1H3. The third kappa shape index (κ3) is 7.13. The Bertz CT molecular complexity index is 929. The largest absolute Gasteiger partial charge is 0.496 e. The van der Waals surface area contributed by atoms with Crippen LogP contribution in [-0.4, -0.2) is 37.7 Å². The summed E-state index contributed by atoms with van der Waals surface area (Å²) in [4.78, 5) is 2.52. The van der Waals surface area contributed by atoms with Crippen molar-refractivity contribution in [2.24, 2.45) is 5.92 Å². The zero-order chi connectivity index (χ0) is 23.6. The lowest BCUT2D eigenvalue weighted by atomic mass is 9.79. The first-order chi connectivity index (χ1) is 16.7. The summed E-state index contributed by atoms with van der Waals surface area (Å²) in [5.41, 5.74) is 2.56. The predicted octanol–water partition coefficient (Wildman–Crippen LogP) is 7.42. The number of hydrogen-bond donors (Lipinski definition) is 0. The topological polar surface area (TPSA) is 21.7 Å². The van der Waals surface area contributed by atoms with Gasteiger partial charge in [0.05, 0.1) is 12.4 Å². The van der Waals surface area contributed by atoms with Gasteiger partial charge in [0.25, 0.3) is 0 Å². The van der Waals surface area contributed by atoms with Gasteiger partial charge in [0, 0.05) is 29.8 Å². The van der Waals surface area contributed by atoms with Crippen molar-refractivity contribution in [3.05, 3.63) is 88.7 Å². The number of likely N-dealkylation sites (tertiary alicyclic amines) is 1. The summed E-state index contributed by atoms with van der Waals surface area (Å²) in [6, 6.07) is 16.6. The highest BCUT2D eigenvalue weighted by molar-refractivity contribution is 6.30. The van der Waals surface area contributed by atoms with Gasteiger partial charge in [0.1, 0.15) is 12.4 Å². The molecule has 1 heterocycles. The molecule has 0 saturated carbocycles. The summed E-state index contributed by atoms with van der Waals surface area (Å²) in [6.45, 7) is 7.18. The van der Waals surface area contributed by atoms with Crippen LogP contribution in [0.4, 0.5) is 0 Å². The fourth-order valence-electron chi connectivity index (χ4n) is 4.97. The maximum Gasteiger partial charge on any atom is 0.119 e. The Morgan fingerprint density at radius 1 is 0.941 bits per heavy atom. The van der Waals surface area contributed by atoms with Gasteiger partial charge in [-0.2, -0.15) is 0 Å². The van der Waals surface area contributed by atoms with Gasteiger partial charge in [-0.25, -0.2) is 0 Å². The molecule has 2 atom stereocenters. The third-order valence-electron chi connectivity index (χ3n) is 6.96. The van der Waals surface area contributed by atoms with E-state index in [0.29, 0.717) is 18.4 Å². The number of unbranched alkanes of at least 4 members (excludes halogenated alkanes) is 1. The fourth-order valence-corrected chi connectivity index (χ4v) is 5.10. The van der Waals surface area contributed by atoms with Gasteiger partial charge in [-0.05, 0) is 73.8 Å². The molecule has 0 aromatic heterocycles. The monoisotopic (exact) mass is 479 g/mol. The molecule has 2 aromatic rings. The minimum absolute atomic E-state index is 0.349. The molecule has 34 heavy (non-hydrogen) atoms. The second-order valence-electron chi connectivity index (χ2n) is 9.42. The number of ether oxygens (including phenoxy) is 2. The molecule has 0 amide bonds. The van der Waals surface area contributed by atoms with Crippen molar-refractivity contribution in [2.45, 2.75) is 51.4 Å². The Kier molecular flexibility index (Phi) is 9.53. The van der Waals surface area contributed by atoms with Crippen LogP contribution in [0.1, 0.15) is 56.1 Å². The van der Waals surface area contributed by atoms with E-state index in [-0.39, 0.29) is 0 Å². The van der Waals surface area contributed by atoms with E-state index in [1.807, 2.05) is 12.1 Å². The van der Waals surface area contributed by atoms with E-state index in [1.165, 1.54) is 49.9 Å². The van der Waals surface area contributed by atoms with Gasteiger partial charge in [-0.1, -0.05) is 67.8 Å². The minimum atomic E-state index is 0.349. The van der Waals surface area contributed by atoms with Crippen molar-refractivity contribution >= 4 is 11.6 Å². The van der Waals surface area contributed by atoms with Crippen LogP contribution < -0.4 is 4.74 Å². The Hall–Kier alpha value is -2.23. The van der Waals surface area contributed by atoms with Gasteiger partial charge in [-0.3, -0.25) is 4.90 Å². The Balaban J connectivity index is 1.33.